The highest BCUT2D eigenvalue weighted by atomic mass is 127. The fraction of sp³-hybridized carbons (Fsp3) is 0.467. The molecule has 0 radical (unpaired) electrons. The second kappa shape index (κ2) is 11.8. The molecule has 0 aliphatic heterocycles. The van der Waals surface area contributed by atoms with E-state index in [9.17, 15) is 18.0 Å². The van der Waals surface area contributed by atoms with Crippen LogP contribution in [0.25, 0.3) is 0 Å². The number of alkyl halides is 3. The van der Waals surface area contributed by atoms with Crippen LogP contribution < -0.4 is 20.7 Å². The van der Waals surface area contributed by atoms with Crippen molar-refractivity contribution in [1.82, 2.24) is 16.0 Å². The molecule has 1 aromatic rings. The van der Waals surface area contributed by atoms with E-state index in [2.05, 4.69) is 25.7 Å². The van der Waals surface area contributed by atoms with Crippen LogP contribution >= 0.6 is 24.0 Å². The number of guanidine groups is 1. The molecule has 25 heavy (non-hydrogen) atoms. The summed E-state index contributed by atoms with van der Waals surface area (Å²) in [6, 6.07) is 5.78. The second-order valence-corrected chi connectivity index (χ2v) is 4.66. The molecule has 0 bridgehead atoms. The lowest BCUT2D eigenvalue weighted by Gasteiger charge is -2.13. The first kappa shape index (κ1) is 23.3. The normalized spacial score (nSPS) is 11.3. The predicted molar refractivity (Wildman–Crippen MR) is 100 cm³/mol. The number of nitrogens with one attached hydrogen (secondary N) is 3. The number of hydrogen-bond donors (Lipinski definition) is 3. The van der Waals surface area contributed by atoms with E-state index in [4.69, 9.17) is 0 Å². The number of para-hydroxylation sites is 1. The molecule has 0 spiro atoms. The summed E-state index contributed by atoms with van der Waals surface area (Å²) in [6.45, 7) is 4.68. The number of ether oxygens (including phenoxy) is 1. The zero-order valence-electron chi connectivity index (χ0n) is 13.9. The van der Waals surface area contributed by atoms with Crippen molar-refractivity contribution in [3.05, 3.63) is 29.8 Å². The molecule has 6 nitrogen and oxygen atoms in total. The van der Waals surface area contributed by atoms with Crippen molar-refractivity contribution >= 4 is 35.8 Å². The van der Waals surface area contributed by atoms with Gasteiger partial charge >= 0.3 is 6.36 Å². The smallest absolute Gasteiger partial charge is 0.405 e. The molecule has 0 aliphatic rings. The number of carbonyl (C=O) groups excluding carboxylic acids is 1. The van der Waals surface area contributed by atoms with Crippen LogP contribution in [0.5, 0.6) is 5.75 Å². The maximum atomic E-state index is 12.4. The molecule has 0 unspecified atom stereocenters. The zero-order valence-corrected chi connectivity index (χ0v) is 16.3. The van der Waals surface area contributed by atoms with E-state index < -0.39 is 6.36 Å². The number of carbonyl (C=O) groups is 1. The Hall–Kier alpha value is -1.72. The molecule has 1 amide bonds. The first-order valence-corrected chi connectivity index (χ1v) is 7.48. The summed E-state index contributed by atoms with van der Waals surface area (Å²) >= 11 is 0. The first-order chi connectivity index (χ1) is 11.4. The summed E-state index contributed by atoms with van der Waals surface area (Å²) in [4.78, 5) is 15.6. The molecule has 3 N–H and O–H groups in total. The Labute approximate surface area is 161 Å². The third-order valence-electron chi connectivity index (χ3n) is 2.74. The van der Waals surface area contributed by atoms with Gasteiger partial charge < -0.3 is 20.7 Å². The number of rotatable bonds is 7. The highest BCUT2D eigenvalue weighted by molar-refractivity contribution is 14.0. The van der Waals surface area contributed by atoms with Crippen molar-refractivity contribution < 1.29 is 22.7 Å². The van der Waals surface area contributed by atoms with Gasteiger partial charge in [0.25, 0.3) is 0 Å². The maximum absolute atomic E-state index is 12.4. The van der Waals surface area contributed by atoms with Crippen LogP contribution in [0.2, 0.25) is 0 Å². The fourth-order valence-corrected chi connectivity index (χ4v) is 1.79. The first-order valence-electron chi connectivity index (χ1n) is 7.48. The Kier molecular flexibility index (Phi) is 11.0. The summed E-state index contributed by atoms with van der Waals surface area (Å²) in [5, 5.41) is 8.34. The average Bonchev–Trinajstić information content (AvgIpc) is 2.50. The maximum Gasteiger partial charge on any atom is 0.573 e. The largest absolute Gasteiger partial charge is 0.573 e. The van der Waals surface area contributed by atoms with Gasteiger partial charge in [-0.2, -0.15) is 0 Å². The quantitative estimate of drug-likeness (QED) is 0.323. The van der Waals surface area contributed by atoms with E-state index >= 15 is 0 Å². The van der Waals surface area contributed by atoms with E-state index in [0.29, 0.717) is 19.0 Å². The molecule has 142 valence electrons. The molecule has 0 saturated carbocycles. The predicted octanol–water partition coefficient (Wildman–Crippen LogP) is 2.39. The lowest BCUT2D eigenvalue weighted by atomic mass is 10.2. The second-order valence-electron chi connectivity index (χ2n) is 4.66. The summed E-state index contributed by atoms with van der Waals surface area (Å²) in [5.74, 6) is -0.178. The topological polar surface area (TPSA) is 74.8 Å². The molecule has 1 aromatic carbocycles. The molecule has 0 aromatic heterocycles. The van der Waals surface area contributed by atoms with Crippen LogP contribution in [-0.2, 0) is 11.3 Å². The van der Waals surface area contributed by atoms with E-state index in [0.717, 1.165) is 0 Å². The Morgan fingerprint density at radius 1 is 1.12 bits per heavy atom. The third-order valence-corrected chi connectivity index (χ3v) is 2.74. The molecule has 0 heterocycles. The minimum Gasteiger partial charge on any atom is -0.405 e. The van der Waals surface area contributed by atoms with Crippen LogP contribution in [-0.4, -0.2) is 37.9 Å². The molecule has 10 heteroatoms. The molecular formula is C15H22F3IN4O2. The number of nitrogens with zero attached hydrogens (tertiary/aromatic N) is 1. The van der Waals surface area contributed by atoms with Gasteiger partial charge in [-0.3, -0.25) is 4.79 Å². The number of hydrogen-bond acceptors (Lipinski definition) is 3. The number of halogens is 4. The van der Waals surface area contributed by atoms with Crippen molar-refractivity contribution in [3.8, 4) is 5.75 Å². The van der Waals surface area contributed by atoms with E-state index in [-0.39, 0.29) is 54.3 Å². The fourth-order valence-electron chi connectivity index (χ4n) is 1.79. The summed E-state index contributed by atoms with van der Waals surface area (Å²) in [7, 11) is 0. The standard InChI is InChI=1S/C15H21F3N4O2.HI/c1-3-19-13(23)10-22-14(20-4-2)21-9-11-7-5-6-8-12(11)24-15(16,17)18;/h5-8H,3-4,9-10H2,1-2H3,(H,19,23)(H2,20,21,22);1H. The average molecular weight is 474 g/mol. The number of benzene rings is 1. The molecule has 0 atom stereocenters. The molecule has 1 rings (SSSR count). The van der Waals surface area contributed by atoms with Gasteiger partial charge in [0.05, 0.1) is 13.1 Å². The Morgan fingerprint density at radius 3 is 2.36 bits per heavy atom. The summed E-state index contributed by atoms with van der Waals surface area (Å²) in [5.41, 5.74) is 0.282. The summed E-state index contributed by atoms with van der Waals surface area (Å²) < 4.78 is 41.2. The van der Waals surface area contributed by atoms with Crippen molar-refractivity contribution in [1.29, 1.82) is 0 Å². The van der Waals surface area contributed by atoms with Gasteiger partial charge in [-0.05, 0) is 19.9 Å². The van der Waals surface area contributed by atoms with Gasteiger partial charge in [0.1, 0.15) is 5.75 Å². The highest BCUT2D eigenvalue weighted by Crippen LogP contribution is 2.26. The van der Waals surface area contributed by atoms with Crippen LogP contribution in [0.15, 0.2) is 29.3 Å². The van der Waals surface area contributed by atoms with Gasteiger partial charge in [0.2, 0.25) is 5.91 Å². The number of amides is 1. The molecule has 0 fully saturated rings. The highest BCUT2D eigenvalue weighted by Gasteiger charge is 2.31. The van der Waals surface area contributed by atoms with Crippen LogP contribution in [0.3, 0.4) is 0 Å². The number of aliphatic imine (C=N–C) groups is 1. The molecule has 0 aliphatic carbocycles. The Bertz CT molecular complexity index is 568. The zero-order chi connectivity index (χ0) is 18.0. The van der Waals surface area contributed by atoms with Crippen molar-refractivity contribution in [2.75, 3.05) is 19.6 Å². The van der Waals surface area contributed by atoms with E-state index in [1.165, 1.54) is 18.2 Å². The van der Waals surface area contributed by atoms with Crippen LogP contribution in [0.1, 0.15) is 19.4 Å². The lowest BCUT2D eigenvalue weighted by Crippen LogP contribution is -2.43. The van der Waals surface area contributed by atoms with Gasteiger partial charge in [0, 0.05) is 18.7 Å². The monoisotopic (exact) mass is 474 g/mol. The van der Waals surface area contributed by atoms with Crippen molar-refractivity contribution in [3.63, 3.8) is 0 Å². The van der Waals surface area contributed by atoms with Gasteiger partial charge in [-0.15, -0.1) is 37.1 Å². The Morgan fingerprint density at radius 2 is 1.76 bits per heavy atom. The lowest BCUT2D eigenvalue weighted by molar-refractivity contribution is -0.274. The van der Waals surface area contributed by atoms with Crippen LogP contribution in [0, 0.1) is 0 Å². The minimum absolute atomic E-state index is 0. The summed E-state index contributed by atoms with van der Waals surface area (Å²) in [6.07, 6.45) is -4.76. The van der Waals surface area contributed by atoms with Gasteiger partial charge in [-0.1, -0.05) is 18.2 Å². The van der Waals surface area contributed by atoms with Crippen molar-refractivity contribution in [2.45, 2.75) is 26.8 Å². The van der Waals surface area contributed by atoms with Gasteiger partial charge in [0.15, 0.2) is 5.96 Å². The van der Waals surface area contributed by atoms with Gasteiger partial charge in [-0.25, -0.2) is 4.99 Å². The molecule has 0 saturated heterocycles. The minimum atomic E-state index is -4.76. The van der Waals surface area contributed by atoms with E-state index in [1.54, 1.807) is 13.0 Å². The van der Waals surface area contributed by atoms with E-state index in [1.807, 2.05) is 6.92 Å². The Balaban J connectivity index is 0.00000576. The molecular weight excluding hydrogens is 452 g/mol. The van der Waals surface area contributed by atoms with Crippen LogP contribution in [0.4, 0.5) is 13.2 Å². The SMILES string of the molecule is CCNC(=O)CNC(=NCc1ccccc1OC(F)(F)F)NCC.I. The third kappa shape index (κ3) is 9.99. The van der Waals surface area contributed by atoms with Crippen molar-refractivity contribution in [2.24, 2.45) is 4.99 Å². The number of likely N-dealkylation sites (N-methyl/N-ethyl adjacent to an activating group) is 1.